The first-order chi connectivity index (χ1) is 5.79. The number of ether oxygens (including phenoxy) is 2. The Balaban J connectivity index is 2.22. The molecule has 2 atom stereocenters. The normalized spacial score (nSPS) is 28.7. The van der Waals surface area contributed by atoms with E-state index in [1.165, 1.54) is 0 Å². The Morgan fingerprint density at radius 3 is 2.67 bits per heavy atom. The first-order valence-corrected chi connectivity index (χ1v) is 4.55. The lowest BCUT2D eigenvalue weighted by atomic mass is 9.90. The lowest BCUT2D eigenvalue weighted by Crippen LogP contribution is -2.50. The van der Waals surface area contributed by atoms with Crippen molar-refractivity contribution in [3.8, 4) is 0 Å². The van der Waals surface area contributed by atoms with E-state index in [1.807, 2.05) is 6.92 Å². The van der Waals surface area contributed by atoms with E-state index in [-0.39, 0.29) is 18.0 Å². The topological polar surface area (TPSA) is 35.5 Å². The summed E-state index contributed by atoms with van der Waals surface area (Å²) in [6.45, 7) is 5.25. The molecule has 3 nitrogen and oxygen atoms in total. The Labute approximate surface area is 73.0 Å². The maximum atomic E-state index is 11.0. The molecule has 70 valence electrons. The van der Waals surface area contributed by atoms with Crippen molar-refractivity contribution >= 4 is 5.78 Å². The molecule has 0 spiro atoms. The quantitative estimate of drug-likeness (QED) is 0.624. The van der Waals surface area contributed by atoms with Crippen molar-refractivity contribution in [1.29, 1.82) is 0 Å². The fourth-order valence-corrected chi connectivity index (χ4v) is 1.26. The third-order valence-corrected chi connectivity index (χ3v) is 1.94. The molecule has 1 saturated carbocycles. The summed E-state index contributed by atoms with van der Waals surface area (Å²) >= 11 is 0. The summed E-state index contributed by atoms with van der Waals surface area (Å²) in [6, 6.07) is 0. The molecule has 0 aromatic heterocycles. The zero-order valence-corrected chi connectivity index (χ0v) is 7.71. The molecule has 0 amide bonds. The maximum absolute atomic E-state index is 11.0. The number of carbonyl (C=O) groups excluding carboxylic acids is 1. The number of Topliss-reactive ketones (excluding diaryl/α,β-unsaturated/α-hetero) is 1. The van der Waals surface area contributed by atoms with Crippen LogP contribution in [0, 0.1) is 0 Å². The summed E-state index contributed by atoms with van der Waals surface area (Å²) in [7, 11) is 0. The minimum absolute atomic E-state index is 0.0254. The molecule has 1 fully saturated rings. The molecule has 0 aromatic rings. The van der Waals surface area contributed by atoms with Gasteiger partial charge in [0, 0.05) is 19.6 Å². The summed E-state index contributed by atoms with van der Waals surface area (Å²) in [5.74, 6) is 0.179. The highest BCUT2D eigenvalue weighted by molar-refractivity contribution is 5.90. The minimum Gasteiger partial charge on any atom is -0.375 e. The van der Waals surface area contributed by atoms with Crippen molar-refractivity contribution in [3.63, 3.8) is 0 Å². The van der Waals surface area contributed by atoms with Crippen LogP contribution in [0.1, 0.15) is 26.7 Å². The zero-order valence-electron chi connectivity index (χ0n) is 7.71. The number of hydrogen-bond donors (Lipinski definition) is 0. The molecule has 0 bridgehead atoms. The molecule has 12 heavy (non-hydrogen) atoms. The molecule has 1 aliphatic carbocycles. The van der Waals surface area contributed by atoms with Gasteiger partial charge in [-0.1, -0.05) is 6.92 Å². The average Bonchev–Trinajstić information content (AvgIpc) is 2.08. The van der Waals surface area contributed by atoms with Gasteiger partial charge in [0.2, 0.25) is 0 Å². The lowest BCUT2D eigenvalue weighted by molar-refractivity contribution is -0.164. The highest BCUT2D eigenvalue weighted by Gasteiger charge is 2.41. The van der Waals surface area contributed by atoms with Crippen LogP contribution in [0.5, 0.6) is 0 Å². The van der Waals surface area contributed by atoms with Gasteiger partial charge < -0.3 is 9.47 Å². The first kappa shape index (κ1) is 9.68. The van der Waals surface area contributed by atoms with Crippen LogP contribution in [0.4, 0.5) is 0 Å². The largest absolute Gasteiger partial charge is 0.375 e. The molecule has 0 N–H and O–H groups in total. The van der Waals surface area contributed by atoms with Crippen LogP contribution in [-0.4, -0.2) is 31.2 Å². The van der Waals surface area contributed by atoms with Crippen molar-refractivity contribution < 1.29 is 14.3 Å². The van der Waals surface area contributed by atoms with Crippen LogP contribution < -0.4 is 0 Å². The van der Waals surface area contributed by atoms with Crippen LogP contribution >= 0.6 is 0 Å². The molecule has 3 heteroatoms. The Bertz CT molecular complexity index is 156. The van der Waals surface area contributed by atoms with Gasteiger partial charge in [-0.3, -0.25) is 4.79 Å². The number of ketones is 1. The Kier molecular flexibility index (Phi) is 3.69. The Hall–Kier alpha value is -0.410. The van der Waals surface area contributed by atoms with Crippen molar-refractivity contribution in [2.75, 3.05) is 13.2 Å². The van der Waals surface area contributed by atoms with Gasteiger partial charge in [-0.15, -0.1) is 0 Å². The molecular weight excluding hydrogens is 156 g/mol. The highest BCUT2D eigenvalue weighted by atomic mass is 16.5. The smallest absolute Gasteiger partial charge is 0.166 e. The van der Waals surface area contributed by atoms with Crippen LogP contribution in [-0.2, 0) is 14.3 Å². The van der Waals surface area contributed by atoms with E-state index < -0.39 is 0 Å². The van der Waals surface area contributed by atoms with E-state index >= 15 is 0 Å². The Morgan fingerprint density at radius 1 is 1.42 bits per heavy atom. The van der Waals surface area contributed by atoms with Crippen molar-refractivity contribution in [2.24, 2.45) is 0 Å². The van der Waals surface area contributed by atoms with E-state index in [0.29, 0.717) is 13.0 Å². The third-order valence-electron chi connectivity index (χ3n) is 1.94. The molecule has 0 aliphatic heterocycles. The second-order valence-corrected chi connectivity index (χ2v) is 2.96. The van der Waals surface area contributed by atoms with Gasteiger partial charge in [-0.25, -0.2) is 0 Å². The van der Waals surface area contributed by atoms with Gasteiger partial charge in [0.15, 0.2) is 5.78 Å². The molecule has 1 rings (SSSR count). The Morgan fingerprint density at radius 2 is 2.17 bits per heavy atom. The number of hydrogen-bond acceptors (Lipinski definition) is 3. The standard InChI is InChI=1S/C9H16O3/c1-3-5-12-8-6-7(10)9(8)11-4-2/h8-9H,3-6H2,1-2H3. The van der Waals surface area contributed by atoms with E-state index in [4.69, 9.17) is 9.47 Å². The van der Waals surface area contributed by atoms with Gasteiger partial charge in [0.25, 0.3) is 0 Å². The average molecular weight is 172 g/mol. The summed E-state index contributed by atoms with van der Waals surface area (Å²) < 4.78 is 10.6. The van der Waals surface area contributed by atoms with Crippen LogP contribution in [0.2, 0.25) is 0 Å². The van der Waals surface area contributed by atoms with E-state index in [9.17, 15) is 4.79 Å². The van der Waals surface area contributed by atoms with Crippen molar-refractivity contribution in [3.05, 3.63) is 0 Å². The van der Waals surface area contributed by atoms with Gasteiger partial charge in [0.05, 0.1) is 6.10 Å². The first-order valence-electron chi connectivity index (χ1n) is 4.55. The SMILES string of the molecule is CCCOC1CC(=O)C1OCC. The molecule has 0 saturated heterocycles. The predicted molar refractivity (Wildman–Crippen MR) is 45.1 cm³/mol. The summed E-state index contributed by atoms with van der Waals surface area (Å²) in [4.78, 5) is 11.0. The number of rotatable bonds is 5. The fraction of sp³-hybridized carbons (Fsp3) is 0.889. The minimum atomic E-state index is -0.276. The van der Waals surface area contributed by atoms with Gasteiger partial charge >= 0.3 is 0 Å². The molecule has 0 radical (unpaired) electrons. The summed E-state index contributed by atoms with van der Waals surface area (Å²) in [5, 5.41) is 0. The third kappa shape index (κ3) is 2.05. The van der Waals surface area contributed by atoms with Crippen LogP contribution in [0.3, 0.4) is 0 Å². The highest BCUT2D eigenvalue weighted by Crippen LogP contribution is 2.22. The number of carbonyl (C=O) groups is 1. The summed E-state index contributed by atoms with van der Waals surface area (Å²) in [5.41, 5.74) is 0. The summed E-state index contributed by atoms with van der Waals surface area (Å²) in [6.07, 6.45) is 1.27. The predicted octanol–water partition coefficient (Wildman–Crippen LogP) is 1.16. The van der Waals surface area contributed by atoms with Crippen LogP contribution in [0.15, 0.2) is 0 Å². The van der Waals surface area contributed by atoms with Crippen molar-refractivity contribution in [1.82, 2.24) is 0 Å². The van der Waals surface area contributed by atoms with Gasteiger partial charge in [-0.05, 0) is 13.3 Å². The van der Waals surface area contributed by atoms with E-state index in [1.54, 1.807) is 0 Å². The monoisotopic (exact) mass is 172 g/mol. The van der Waals surface area contributed by atoms with Crippen molar-refractivity contribution in [2.45, 2.75) is 38.9 Å². The molecule has 0 heterocycles. The van der Waals surface area contributed by atoms with E-state index in [2.05, 4.69) is 6.92 Å². The zero-order chi connectivity index (χ0) is 8.97. The molecule has 2 unspecified atom stereocenters. The molecule has 1 aliphatic rings. The molecular formula is C9H16O3. The lowest BCUT2D eigenvalue weighted by Gasteiger charge is -2.33. The molecule has 0 aromatic carbocycles. The van der Waals surface area contributed by atoms with Gasteiger partial charge in [0.1, 0.15) is 6.10 Å². The second kappa shape index (κ2) is 4.58. The van der Waals surface area contributed by atoms with Crippen LogP contribution in [0.25, 0.3) is 0 Å². The fourth-order valence-electron chi connectivity index (χ4n) is 1.26. The maximum Gasteiger partial charge on any atom is 0.166 e. The van der Waals surface area contributed by atoms with Gasteiger partial charge in [-0.2, -0.15) is 0 Å². The second-order valence-electron chi connectivity index (χ2n) is 2.96. The van der Waals surface area contributed by atoms with E-state index in [0.717, 1.165) is 13.0 Å².